The first-order valence-electron chi connectivity index (χ1n) is 8.19. The van der Waals surface area contributed by atoms with E-state index in [1.807, 2.05) is 30.3 Å². The zero-order chi connectivity index (χ0) is 17.0. The predicted molar refractivity (Wildman–Crippen MR) is 86.0 cm³/mol. The molecular formula is C17H22N2O5. The van der Waals surface area contributed by atoms with Crippen LogP contribution >= 0.6 is 0 Å². The van der Waals surface area contributed by atoms with E-state index in [0.717, 1.165) is 12.2 Å². The summed E-state index contributed by atoms with van der Waals surface area (Å²) in [6.07, 6.45) is 1.22. The summed E-state index contributed by atoms with van der Waals surface area (Å²) in [6, 6.07) is 9.13. The third-order valence-corrected chi connectivity index (χ3v) is 4.58. The van der Waals surface area contributed by atoms with Gasteiger partial charge < -0.3 is 24.8 Å². The maximum Gasteiger partial charge on any atom is 0.329 e. The number of amides is 2. The summed E-state index contributed by atoms with van der Waals surface area (Å²) in [6.45, 7) is 1.68. The quantitative estimate of drug-likeness (QED) is 0.871. The van der Waals surface area contributed by atoms with Gasteiger partial charge >= 0.3 is 12.0 Å². The highest BCUT2D eigenvalue weighted by Gasteiger charge is 2.43. The van der Waals surface area contributed by atoms with Gasteiger partial charge in [0.05, 0.1) is 6.54 Å². The molecule has 24 heavy (non-hydrogen) atoms. The van der Waals surface area contributed by atoms with Gasteiger partial charge in [-0.15, -0.1) is 0 Å². The number of carboxylic acids is 1. The smallest absolute Gasteiger partial charge is 0.329 e. The van der Waals surface area contributed by atoms with E-state index in [9.17, 15) is 14.7 Å². The van der Waals surface area contributed by atoms with Crippen LogP contribution in [-0.4, -0.2) is 60.0 Å². The Morgan fingerprint density at radius 3 is 2.62 bits per heavy atom. The Labute approximate surface area is 140 Å². The van der Waals surface area contributed by atoms with Gasteiger partial charge in [-0.1, -0.05) is 18.2 Å². The molecule has 7 nitrogen and oxygen atoms in total. The molecule has 2 aliphatic rings. The van der Waals surface area contributed by atoms with Gasteiger partial charge in [0.15, 0.2) is 0 Å². The highest BCUT2D eigenvalue weighted by atomic mass is 16.5. The van der Waals surface area contributed by atoms with Crippen LogP contribution in [0.4, 0.5) is 4.79 Å². The molecule has 0 saturated carbocycles. The molecule has 2 heterocycles. The zero-order valence-electron chi connectivity index (χ0n) is 13.4. The number of carboxylic acid groups (broad SMARTS) is 1. The van der Waals surface area contributed by atoms with Crippen molar-refractivity contribution in [1.29, 1.82) is 0 Å². The number of aliphatic carboxylic acids is 1. The second-order valence-corrected chi connectivity index (χ2v) is 6.22. The molecule has 0 radical (unpaired) electrons. The standard InChI is InChI=1S/C17H22N2O5/c20-15(21)17(7-10-23-11-8-17)18-16(22)19-9-6-14(12-19)24-13-4-2-1-3-5-13/h1-5,14H,6-12H2,(H,18,22)(H,20,21)/t14-/m0/s1. The fourth-order valence-electron chi connectivity index (χ4n) is 3.10. The Kier molecular flexibility index (Phi) is 4.89. The number of carbonyl (C=O) groups is 2. The van der Waals surface area contributed by atoms with E-state index in [4.69, 9.17) is 9.47 Å². The minimum atomic E-state index is -1.23. The number of nitrogens with zero attached hydrogens (tertiary/aromatic N) is 1. The van der Waals surface area contributed by atoms with Crippen LogP contribution in [0.2, 0.25) is 0 Å². The average Bonchev–Trinajstić information content (AvgIpc) is 3.05. The van der Waals surface area contributed by atoms with E-state index in [1.165, 1.54) is 0 Å². The second kappa shape index (κ2) is 7.09. The Balaban J connectivity index is 1.57. The van der Waals surface area contributed by atoms with E-state index in [0.29, 0.717) is 26.3 Å². The van der Waals surface area contributed by atoms with E-state index >= 15 is 0 Å². The molecular weight excluding hydrogens is 312 g/mol. The van der Waals surface area contributed by atoms with Gasteiger partial charge in [-0.25, -0.2) is 9.59 Å². The number of para-hydroxylation sites is 1. The molecule has 2 saturated heterocycles. The SMILES string of the molecule is O=C(NC1(C(=O)O)CCOCC1)N1CC[C@H](Oc2ccccc2)C1. The van der Waals surface area contributed by atoms with Crippen LogP contribution in [0.5, 0.6) is 5.75 Å². The van der Waals surface area contributed by atoms with Crippen molar-refractivity contribution in [2.75, 3.05) is 26.3 Å². The Bertz CT molecular complexity index is 586. The van der Waals surface area contributed by atoms with Crippen LogP contribution in [0, 0.1) is 0 Å². The number of hydrogen-bond acceptors (Lipinski definition) is 4. The minimum absolute atomic E-state index is 0.0754. The summed E-state index contributed by atoms with van der Waals surface area (Å²) in [5.41, 5.74) is -1.23. The Morgan fingerprint density at radius 1 is 1.25 bits per heavy atom. The summed E-state index contributed by atoms with van der Waals surface area (Å²) in [5.74, 6) is -0.230. The van der Waals surface area contributed by atoms with Crippen molar-refractivity contribution in [3.8, 4) is 5.75 Å². The van der Waals surface area contributed by atoms with Crippen molar-refractivity contribution in [3.63, 3.8) is 0 Å². The number of ether oxygens (including phenoxy) is 2. The van der Waals surface area contributed by atoms with Crippen LogP contribution in [0.25, 0.3) is 0 Å². The summed E-state index contributed by atoms with van der Waals surface area (Å²) in [4.78, 5) is 25.7. The second-order valence-electron chi connectivity index (χ2n) is 6.22. The van der Waals surface area contributed by atoms with Gasteiger partial charge in [0.1, 0.15) is 17.4 Å². The molecule has 0 unspecified atom stereocenters. The molecule has 2 amide bonds. The van der Waals surface area contributed by atoms with Gasteiger partial charge in [0.2, 0.25) is 0 Å². The van der Waals surface area contributed by atoms with E-state index < -0.39 is 11.5 Å². The molecule has 1 aromatic carbocycles. The maximum absolute atomic E-state index is 12.5. The first-order chi connectivity index (χ1) is 11.6. The average molecular weight is 334 g/mol. The monoisotopic (exact) mass is 334 g/mol. The number of hydrogen-bond donors (Lipinski definition) is 2. The maximum atomic E-state index is 12.5. The first-order valence-corrected chi connectivity index (χ1v) is 8.19. The van der Waals surface area contributed by atoms with Gasteiger partial charge in [0.25, 0.3) is 0 Å². The van der Waals surface area contributed by atoms with Gasteiger partial charge in [-0.3, -0.25) is 0 Å². The lowest BCUT2D eigenvalue weighted by molar-refractivity contribution is -0.148. The molecule has 1 atom stereocenters. The van der Waals surface area contributed by atoms with Gasteiger partial charge in [-0.2, -0.15) is 0 Å². The molecule has 1 aromatic rings. The van der Waals surface area contributed by atoms with E-state index in [2.05, 4.69) is 5.32 Å². The van der Waals surface area contributed by atoms with Crippen molar-refractivity contribution >= 4 is 12.0 Å². The molecule has 0 spiro atoms. The molecule has 7 heteroatoms. The third kappa shape index (κ3) is 3.62. The largest absolute Gasteiger partial charge is 0.489 e. The van der Waals surface area contributed by atoms with Crippen molar-refractivity contribution in [1.82, 2.24) is 10.2 Å². The lowest BCUT2D eigenvalue weighted by Crippen LogP contribution is -2.60. The first kappa shape index (κ1) is 16.6. The van der Waals surface area contributed by atoms with E-state index in [1.54, 1.807) is 4.90 Å². The van der Waals surface area contributed by atoms with Crippen molar-refractivity contribution in [2.24, 2.45) is 0 Å². The van der Waals surface area contributed by atoms with Crippen molar-refractivity contribution in [3.05, 3.63) is 30.3 Å². The molecule has 2 aliphatic heterocycles. The van der Waals surface area contributed by atoms with Crippen molar-refractivity contribution < 1.29 is 24.2 Å². The highest BCUT2D eigenvalue weighted by Crippen LogP contribution is 2.23. The van der Waals surface area contributed by atoms with Crippen molar-refractivity contribution in [2.45, 2.75) is 30.9 Å². The highest BCUT2D eigenvalue weighted by molar-refractivity contribution is 5.86. The Morgan fingerprint density at radius 2 is 1.96 bits per heavy atom. The number of nitrogens with one attached hydrogen (secondary N) is 1. The molecule has 130 valence electrons. The molecule has 0 aliphatic carbocycles. The lowest BCUT2D eigenvalue weighted by atomic mass is 9.90. The van der Waals surface area contributed by atoms with E-state index in [-0.39, 0.29) is 25.0 Å². The number of benzene rings is 1. The minimum Gasteiger partial charge on any atom is -0.489 e. The molecule has 0 bridgehead atoms. The summed E-state index contributed by atoms with van der Waals surface area (Å²) in [7, 11) is 0. The predicted octanol–water partition coefficient (Wildman–Crippen LogP) is 1.48. The normalized spacial score (nSPS) is 22.8. The van der Waals surface area contributed by atoms with Gasteiger partial charge in [-0.05, 0) is 12.1 Å². The fourth-order valence-corrected chi connectivity index (χ4v) is 3.10. The van der Waals surface area contributed by atoms with Crippen LogP contribution < -0.4 is 10.1 Å². The number of urea groups is 1. The summed E-state index contributed by atoms with van der Waals surface area (Å²) in [5, 5.41) is 12.2. The van der Waals surface area contributed by atoms with Crippen LogP contribution in [0.1, 0.15) is 19.3 Å². The zero-order valence-corrected chi connectivity index (χ0v) is 13.4. The van der Waals surface area contributed by atoms with Gasteiger partial charge in [0, 0.05) is 39.0 Å². The molecule has 0 aromatic heterocycles. The van der Waals surface area contributed by atoms with Crippen LogP contribution in [-0.2, 0) is 9.53 Å². The summed E-state index contributed by atoms with van der Waals surface area (Å²) >= 11 is 0. The lowest BCUT2D eigenvalue weighted by Gasteiger charge is -2.35. The molecule has 2 fully saturated rings. The third-order valence-electron chi connectivity index (χ3n) is 4.58. The number of rotatable bonds is 4. The topological polar surface area (TPSA) is 88.1 Å². The fraction of sp³-hybridized carbons (Fsp3) is 0.529. The Hall–Kier alpha value is -2.28. The molecule has 3 rings (SSSR count). The summed E-state index contributed by atoms with van der Waals surface area (Å²) < 4.78 is 11.1. The number of carbonyl (C=O) groups excluding carboxylic acids is 1. The molecule has 2 N–H and O–H groups in total. The van der Waals surface area contributed by atoms with Crippen LogP contribution in [0.3, 0.4) is 0 Å². The van der Waals surface area contributed by atoms with Crippen LogP contribution in [0.15, 0.2) is 30.3 Å². The number of likely N-dealkylation sites (tertiary alicyclic amines) is 1.